The average molecular weight is 318 g/mol. The number of ether oxygens (including phenoxy) is 1. The van der Waals surface area contributed by atoms with Crippen molar-refractivity contribution in [1.29, 1.82) is 0 Å². The number of rotatable bonds is 9. The topological polar surface area (TPSA) is 67.6 Å². The lowest BCUT2D eigenvalue weighted by Crippen LogP contribution is -2.38. The third kappa shape index (κ3) is 11.5. The summed E-state index contributed by atoms with van der Waals surface area (Å²) in [5.41, 5.74) is 5.45. The number of likely N-dealkylation sites (N-methyl/N-ethyl adjacent to an activating group) is 1. The molecule has 3 N–H and O–H groups in total. The maximum atomic E-state index is 11.5. The number of methoxy groups -OCH3 is 1. The average Bonchev–Trinajstić information content (AvgIpc) is 2.34. The maximum Gasteiger partial charge on any atom is 0.222 e. The van der Waals surface area contributed by atoms with E-state index in [0.29, 0.717) is 25.6 Å². The minimum atomic E-state index is -0.178. The molecular formula is C12H29Cl2N3O2. The molecule has 0 spiro atoms. The Hall–Kier alpha value is -0.0700. The van der Waals surface area contributed by atoms with Crippen LogP contribution in [-0.2, 0) is 9.53 Å². The van der Waals surface area contributed by atoms with Crippen molar-refractivity contribution >= 4 is 30.7 Å². The lowest BCUT2D eigenvalue weighted by molar-refractivity contribution is -0.123. The molecule has 0 aromatic heterocycles. The molecule has 0 bridgehead atoms. The van der Waals surface area contributed by atoms with Gasteiger partial charge in [0.25, 0.3) is 0 Å². The number of hydrogen-bond acceptors (Lipinski definition) is 4. The van der Waals surface area contributed by atoms with Crippen molar-refractivity contribution in [3.05, 3.63) is 0 Å². The van der Waals surface area contributed by atoms with Gasteiger partial charge in [0, 0.05) is 32.8 Å². The molecule has 0 aromatic rings. The van der Waals surface area contributed by atoms with Crippen molar-refractivity contribution in [2.24, 2.45) is 5.73 Å². The zero-order chi connectivity index (χ0) is 13.3. The van der Waals surface area contributed by atoms with Gasteiger partial charge in [-0.25, -0.2) is 0 Å². The van der Waals surface area contributed by atoms with Gasteiger partial charge in [0.1, 0.15) is 0 Å². The first-order valence-corrected chi connectivity index (χ1v) is 6.24. The molecule has 0 aromatic carbocycles. The van der Waals surface area contributed by atoms with Crippen molar-refractivity contribution < 1.29 is 9.53 Å². The first-order chi connectivity index (χ1) is 8.04. The zero-order valence-corrected chi connectivity index (χ0v) is 14.0. The van der Waals surface area contributed by atoms with Crippen LogP contribution >= 0.6 is 24.8 Å². The minimum Gasteiger partial charge on any atom is -0.380 e. The van der Waals surface area contributed by atoms with Crippen molar-refractivity contribution in [2.75, 3.05) is 33.8 Å². The molecule has 0 rings (SSSR count). The lowest BCUT2D eigenvalue weighted by Gasteiger charge is -2.23. The second kappa shape index (κ2) is 14.3. The fourth-order valence-corrected chi connectivity index (χ4v) is 1.45. The van der Waals surface area contributed by atoms with Crippen LogP contribution in [0.1, 0.15) is 26.7 Å². The fourth-order valence-electron chi connectivity index (χ4n) is 1.45. The number of carbonyl (C=O) groups excluding carboxylic acids is 1. The van der Waals surface area contributed by atoms with E-state index >= 15 is 0 Å². The minimum absolute atomic E-state index is 0. The molecule has 118 valence electrons. The fraction of sp³-hybridized carbons (Fsp3) is 0.917. The number of carbonyl (C=O) groups is 1. The molecule has 1 amide bonds. The molecule has 0 radical (unpaired) electrons. The largest absolute Gasteiger partial charge is 0.380 e. The Bertz CT molecular complexity index is 217. The number of hydrogen-bond donors (Lipinski definition) is 2. The van der Waals surface area contributed by atoms with Crippen molar-refractivity contribution in [2.45, 2.75) is 38.8 Å². The highest BCUT2D eigenvalue weighted by molar-refractivity contribution is 5.85. The summed E-state index contributed by atoms with van der Waals surface area (Å²) >= 11 is 0. The summed E-state index contributed by atoms with van der Waals surface area (Å²) in [5, 5.41) is 2.88. The van der Waals surface area contributed by atoms with Gasteiger partial charge in [0.15, 0.2) is 0 Å². The van der Waals surface area contributed by atoms with Crippen LogP contribution < -0.4 is 11.1 Å². The van der Waals surface area contributed by atoms with E-state index in [1.807, 2.05) is 0 Å². The molecule has 0 heterocycles. The van der Waals surface area contributed by atoms with Crippen LogP contribution in [0.4, 0.5) is 0 Å². The second-order valence-electron chi connectivity index (χ2n) is 4.39. The van der Waals surface area contributed by atoms with Crippen LogP contribution in [0.2, 0.25) is 0 Å². The molecule has 2 atom stereocenters. The third-order valence-electron chi connectivity index (χ3n) is 3.14. The van der Waals surface area contributed by atoms with Crippen LogP contribution in [-0.4, -0.2) is 56.7 Å². The smallest absolute Gasteiger partial charge is 0.222 e. The van der Waals surface area contributed by atoms with Gasteiger partial charge >= 0.3 is 0 Å². The van der Waals surface area contributed by atoms with Crippen LogP contribution in [0.15, 0.2) is 0 Å². The molecule has 2 unspecified atom stereocenters. The van der Waals surface area contributed by atoms with Crippen LogP contribution in [0.3, 0.4) is 0 Å². The third-order valence-corrected chi connectivity index (χ3v) is 3.14. The van der Waals surface area contributed by atoms with E-state index in [2.05, 4.69) is 31.1 Å². The Labute approximate surface area is 129 Å². The summed E-state index contributed by atoms with van der Waals surface area (Å²) in [6.45, 7) is 6.24. The first-order valence-electron chi connectivity index (χ1n) is 6.24. The van der Waals surface area contributed by atoms with Gasteiger partial charge in [-0.3, -0.25) is 4.79 Å². The highest BCUT2D eigenvalue weighted by atomic mass is 35.5. The SMILES string of the molecule is CCC(C)N(C)CCNC(=O)CC(CN)OC.Cl.Cl. The van der Waals surface area contributed by atoms with E-state index in [1.165, 1.54) is 0 Å². The molecule has 0 aliphatic carbocycles. The lowest BCUT2D eigenvalue weighted by atomic mass is 10.2. The van der Waals surface area contributed by atoms with E-state index in [0.717, 1.165) is 13.0 Å². The number of nitrogens with two attached hydrogens (primary N) is 1. The Morgan fingerprint density at radius 2 is 2.00 bits per heavy atom. The van der Waals surface area contributed by atoms with Crippen LogP contribution in [0.25, 0.3) is 0 Å². The Morgan fingerprint density at radius 1 is 1.42 bits per heavy atom. The quantitative estimate of drug-likeness (QED) is 0.667. The Kier molecular flexibility index (Phi) is 18.1. The van der Waals surface area contributed by atoms with Crippen molar-refractivity contribution in [3.63, 3.8) is 0 Å². The zero-order valence-electron chi connectivity index (χ0n) is 12.3. The van der Waals surface area contributed by atoms with Gasteiger partial charge < -0.3 is 20.7 Å². The normalized spacial score (nSPS) is 13.2. The summed E-state index contributed by atoms with van der Waals surface area (Å²) in [6, 6.07) is 0.544. The van der Waals surface area contributed by atoms with E-state index in [4.69, 9.17) is 10.5 Å². The van der Waals surface area contributed by atoms with Gasteiger partial charge in [-0.1, -0.05) is 6.92 Å². The second-order valence-corrected chi connectivity index (χ2v) is 4.39. The molecule has 0 saturated carbocycles. The highest BCUT2D eigenvalue weighted by Crippen LogP contribution is 1.98. The van der Waals surface area contributed by atoms with E-state index in [1.54, 1.807) is 7.11 Å². The van der Waals surface area contributed by atoms with Crippen molar-refractivity contribution in [1.82, 2.24) is 10.2 Å². The van der Waals surface area contributed by atoms with E-state index in [9.17, 15) is 4.79 Å². The number of nitrogens with one attached hydrogen (secondary N) is 1. The first kappa shape index (κ1) is 24.0. The van der Waals surface area contributed by atoms with Gasteiger partial charge in [-0.15, -0.1) is 24.8 Å². The molecule has 19 heavy (non-hydrogen) atoms. The summed E-state index contributed by atoms with van der Waals surface area (Å²) in [4.78, 5) is 13.8. The summed E-state index contributed by atoms with van der Waals surface area (Å²) in [5.74, 6) is -0.000137. The molecule has 0 saturated heterocycles. The molecule has 0 aliphatic rings. The van der Waals surface area contributed by atoms with Gasteiger partial charge in [-0.2, -0.15) is 0 Å². The van der Waals surface area contributed by atoms with Crippen LogP contribution in [0, 0.1) is 0 Å². The Balaban J connectivity index is -0.00000128. The summed E-state index contributed by atoms with van der Waals surface area (Å²) in [6.07, 6.45) is 1.27. The molecule has 0 aliphatic heterocycles. The van der Waals surface area contributed by atoms with E-state index < -0.39 is 0 Å². The predicted molar refractivity (Wildman–Crippen MR) is 84.4 cm³/mol. The standard InChI is InChI=1S/C12H27N3O2.2ClH/c1-5-10(2)15(3)7-6-14-12(16)8-11(9-13)17-4;;/h10-11H,5-9,13H2,1-4H3,(H,14,16);2*1H. The summed E-state index contributed by atoms with van der Waals surface area (Å²) < 4.78 is 5.06. The molecular weight excluding hydrogens is 289 g/mol. The number of nitrogens with zero attached hydrogens (tertiary/aromatic N) is 1. The predicted octanol–water partition coefficient (Wildman–Crippen LogP) is 1.04. The van der Waals surface area contributed by atoms with Gasteiger partial charge in [-0.05, 0) is 20.4 Å². The highest BCUT2D eigenvalue weighted by Gasteiger charge is 2.11. The Morgan fingerprint density at radius 3 is 2.42 bits per heavy atom. The van der Waals surface area contributed by atoms with Crippen LogP contribution in [0.5, 0.6) is 0 Å². The number of halogens is 2. The van der Waals surface area contributed by atoms with Gasteiger partial charge in [0.05, 0.1) is 12.5 Å². The summed E-state index contributed by atoms with van der Waals surface area (Å²) in [7, 11) is 3.64. The van der Waals surface area contributed by atoms with E-state index in [-0.39, 0.29) is 36.8 Å². The number of amides is 1. The van der Waals surface area contributed by atoms with Gasteiger partial charge in [0.2, 0.25) is 5.91 Å². The monoisotopic (exact) mass is 317 g/mol. The molecule has 7 heteroatoms. The molecule has 5 nitrogen and oxygen atoms in total. The maximum absolute atomic E-state index is 11.5. The van der Waals surface area contributed by atoms with Crippen molar-refractivity contribution in [3.8, 4) is 0 Å². The molecule has 0 fully saturated rings.